The number of likely N-dealkylation sites (N-methyl/N-ethyl adjacent to an activating group) is 1. The van der Waals surface area contributed by atoms with Crippen LogP contribution in [0.1, 0.15) is 12.8 Å². The first kappa shape index (κ1) is 8.33. The summed E-state index contributed by atoms with van der Waals surface area (Å²) in [7, 11) is 1.87. The van der Waals surface area contributed by atoms with Gasteiger partial charge in [-0.1, -0.05) is 0 Å². The van der Waals surface area contributed by atoms with Crippen LogP contribution in [-0.2, 0) is 0 Å². The molecule has 1 amide bonds. The molecule has 1 saturated heterocycles. The minimum Gasteiger partial charge on any atom is -0.465 e. The third-order valence-electron chi connectivity index (χ3n) is 2.10. The van der Waals surface area contributed by atoms with E-state index in [0.29, 0.717) is 19.1 Å². The first-order valence-electron chi connectivity index (χ1n) is 3.89. The first-order chi connectivity index (χ1) is 5.24. The molecule has 0 saturated carbocycles. The molecule has 4 nitrogen and oxygen atoms in total. The fourth-order valence-corrected chi connectivity index (χ4v) is 1.39. The van der Waals surface area contributed by atoms with E-state index in [1.165, 1.54) is 4.90 Å². The predicted molar refractivity (Wildman–Crippen MR) is 41.7 cm³/mol. The second kappa shape index (κ2) is 3.57. The molecule has 1 atom stereocenters. The van der Waals surface area contributed by atoms with Crippen LogP contribution in [0.5, 0.6) is 0 Å². The summed E-state index contributed by atoms with van der Waals surface area (Å²) in [6.07, 6.45) is 1.25. The third-order valence-corrected chi connectivity index (χ3v) is 2.10. The Morgan fingerprint density at radius 3 is 3.00 bits per heavy atom. The predicted octanol–water partition coefficient (Wildman–Crippen LogP) is 0.348. The molecule has 0 aliphatic carbocycles. The van der Waals surface area contributed by atoms with Gasteiger partial charge in [-0.3, -0.25) is 0 Å². The number of carboxylic acid groups (broad SMARTS) is 1. The molecule has 0 aromatic heterocycles. The molecule has 0 aromatic rings. The van der Waals surface area contributed by atoms with Crippen molar-refractivity contribution in [1.29, 1.82) is 0 Å². The number of hydrogen-bond acceptors (Lipinski definition) is 2. The Morgan fingerprint density at radius 2 is 2.45 bits per heavy atom. The van der Waals surface area contributed by atoms with Crippen molar-refractivity contribution in [3.8, 4) is 0 Å². The molecular formula is C7H14N2O2. The van der Waals surface area contributed by atoms with Gasteiger partial charge in [0.25, 0.3) is 0 Å². The van der Waals surface area contributed by atoms with Crippen LogP contribution in [0.2, 0.25) is 0 Å². The van der Waals surface area contributed by atoms with Gasteiger partial charge in [-0.05, 0) is 19.9 Å². The lowest BCUT2D eigenvalue weighted by atomic mass is 10.1. The summed E-state index contributed by atoms with van der Waals surface area (Å²) in [6, 6.07) is 0.347. The zero-order valence-corrected chi connectivity index (χ0v) is 6.71. The number of amides is 1. The van der Waals surface area contributed by atoms with Crippen LogP contribution in [0.3, 0.4) is 0 Å². The van der Waals surface area contributed by atoms with Crippen molar-refractivity contribution >= 4 is 6.09 Å². The molecule has 1 fully saturated rings. The van der Waals surface area contributed by atoms with Gasteiger partial charge in [-0.2, -0.15) is 0 Å². The standard InChI is InChI=1S/C7H14N2O2/c1-8-6-3-2-4-9(5-6)7(10)11/h6,8H,2-5H2,1H3,(H,10,11)/t6-/m1/s1. The maximum Gasteiger partial charge on any atom is 0.407 e. The zero-order chi connectivity index (χ0) is 8.27. The van der Waals surface area contributed by atoms with Crippen LogP contribution in [0, 0.1) is 0 Å². The Bertz CT molecular complexity index is 149. The fraction of sp³-hybridized carbons (Fsp3) is 0.857. The van der Waals surface area contributed by atoms with Gasteiger partial charge < -0.3 is 15.3 Å². The molecule has 0 radical (unpaired) electrons. The van der Waals surface area contributed by atoms with Crippen molar-refractivity contribution in [2.24, 2.45) is 0 Å². The van der Waals surface area contributed by atoms with Gasteiger partial charge in [-0.15, -0.1) is 0 Å². The van der Waals surface area contributed by atoms with Gasteiger partial charge in [0, 0.05) is 19.1 Å². The summed E-state index contributed by atoms with van der Waals surface area (Å²) in [5.41, 5.74) is 0. The van der Waals surface area contributed by atoms with Gasteiger partial charge in [0.15, 0.2) is 0 Å². The van der Waals surface area contributed by atoms with Crippen LogP contribution in [-0.4, -0.2) is 42.3 Å². The summed E-state index contributed by atoms with van der Waals surface area (Å²) in [4.78, 5) is 12.0. The first-order valence-corrected chi connectivity index (χ1v) is 3.89. The maximum absolute atomic E-state index is 10.5. The number of hydrogen-bond donors (Lipinski definition) is 2. The minimum atomic E-state index is -0.801. The Morgan fingerprint density at radius 1 is 1.73 bits per heavy atom. The highest BCUT2D eigenvalue weighted by Crippen LogP contribution is 2.08. The summed E-state index contributed by atoms with van der Waals surface area (Å²) in [5, 5.41) is 11.7. The molecule has 4 heteroatoms. The molecule has 1 rings (SSSR count). The van der Waals surface area contributed by atoms with E-state index in [1.54, 1.807) is 0 Å². The minimum absolute atomic E-state index is 0.347. The summed E-state index contributed by atoms with van der Waals surface area (Å²) >= 11 is 0. The van der Waals surface area contributed by atoms with Crippen LogP contribution in [0.15, 0.2) is 0 Å². The molecule has 0 aromatic carbocycles. The van der Waals surface area contributed by atoms with Gasteiger partial charge in [0.05, 0.1) is 0 Å². The zero-order valence-electron chi connectivity index (χ0n) is 6.71. The van der Waals surface area contributed by atoms with E-state index < -0.39 is 6.09 Å². The normalized spacial score (nSPS) is 25.2. The largest absolute Gasteiger partial charge is 0.465 e. The molecule has 1 heterocycles. The highest BCUT2D eigenvalue weighted by molar-refractivity contribution is 5.65. The monoisotopic (exact) mass is 158 g/mol. The van der Waals surface area contributed by atoms with Crippen molar-refractivity contribution in [1.82, 2.24) is 10.2 Å². The summed E-state index contributed by atoms with van der Waals surface area (Å²) < 4.78 is 0. The molecule has 64 valence electrons. The van der Waals surface area contributed by atoms with Crippen LogP contribution < -0.4 is 5.32 Å². The number of likely N-dealkylation sites (tertiary alicyclic amines) is 1. The molecule has 0 unspecified atom stereocenters. The Balaban J connectivity index is 2.39. The van der Waals surface area contributed by atoms with Gasteiger partial charge in [0.1, 0.15) is 0 Å². The lowest BCUT2D eigenvalue weighted by Crippen LogP contribution is -2.46. The van der Waals surface area contributed by atoms with Crippen LogP contribution >= 0.6 is 0 Å². The fourth-order valence-electron chi connectivity index (χ4n) is 1.39. The number of rotatable bonds is 1. The van der Waals surface area contributed by atoms with Crippen molar-refractivity contribution in [2.75, 3.05) is 20.1 Å². The van der Waals surface area contributed by atoms with Gasteiger partial charge >= 0.3 is 6.09 Å². The quantitative estimate of drug-likeness (QED) is 0.579. The molecule has 1 aliphatic heterocycles. The van der Waals surface area contributed by atoms with Crippen molar-refractivity contribution < 1.29 is 9.90 Å². The third kappa shape index (κ3) is 2.08. The Labute approximate surface area is 66.2 Å². The Hall–Kier alpha value is -0.770. The average molecular weight is 158 g/mol. The summed E-state index contributed by atoms with van der Waals surface area (Å²) in [5.74, 6) is 0. The molecule has 0 spiro atoms. The second-order valence-corrected chi connectivity index (χ2v) is 2.86. The molecule has 2 N–H and O–H groups in total. The van der Waals surface area contributed by atoms with Crippen LogP contribution in [0.25, 0.3) is 0 Å². The number of nitrogens with zero attached hydrogens (tertiary/aromatic N) is 1. The van der Waals surface area contributed by atoms with Gasteiger partial charge in [0.2, 0.25) is 0 Å². The average Bonchev–Trinajstić information content (AvgIpc) is 2.05. The van der Waals surface area contributed by atoms with Crippen molar-refractivity contribution in [3.05, 3.63) is 0 Å². The highest BCUT2D eigenvalue weighted by atomic mass is 16.4. The van der Waals surface area contributed by atoms with E-state index in [0.717, 1.165) is 12.8 Å². The van der Waals surface area contributed by atoms with E-state index >= 15 is 0 Å². The highest BCUT2D eigenvalue weighted by Gasteiger charge is 2.21. The lowest BCUT2D eigenvalue weighted by molar-refractivity contribution is 0.127. The molecule has 0 bridgehead atoms. The van der Waals surface area contributed by atoms with E-state index in [9.17, 15) is 4.79 Å². The molecule has 1 aliphatic rings. The smallest absolute Gasteiger partial charge is 0.407 e. The molecular weight excluding hydrogens is 144 g/mol. The SMILES string of the molecule is CN[C@@H]1CCCN(C(=O)O)C1. The van der Waals surface area contributed by atoms with E-state index in [-0.39, 0.29) is 0 Å². The molecule has 11 heavy (non-hydrogen) atoms. The maximum atomic E-state index is 10.5. The number of carbonyl (C=O) groups is 1. The number of nitrogens with one attached hydrogen (secondary N) is 1. The summed E-state index contributed by atoms with van der Waals surface area (Å²) in [6.45, 7) is 1.32. The van der Waals surface area contributed by atoms with E-state index in [4.69, 9.17) is 5.11 Å². The number of piperidine rings is 1. The topological polar surface area (TPSA) is 52.6 Å². The van der Waals surface area contributed by atoms with Crippen molar-refractivity contribution in [3.63, 3.8) is 0 Å². The second-order valence-electron chi connectivity index (χ2n) is 2.86. The van der Waals surface area contributed by atoms with Gasteiger partial charge in [-0.25, -0.2) is 4.79 Å². The van der Waals surface area contributed by atoms with E-state index in [2.05, 4.69) is 5.32 Å². The van der Waals surface area contributed by atoms with Crippen LogP contribution in [0.4, 0.5) is 4.79 Å². The lowest BCUT2D eigenvalue weighted by Gasteiger charge is -2.30. The van der Waals surface area contributed by atoms with Crippen molar-refractivity contribution in [2.45, 2.75) is 18.9 Å². The Kier molecular flexibility index (Phi) is 2.70. The van der Waals surface area contributed by atoms with E-state index in [1.807, 2.05) is 7.05 Å².